The van der Waals surface area contributed by atoms with Crippen LogP contribution in [0.5, 0.6) is 0 Å². The second-order valence-electron chi connectivity index (χ2n) is 6.43. The van der Waals surface area contributed by atoms with Crippen molar-refractivity contribution in [2.24, 2.45) is 0 Å². The fourth-order valence-corrected chi connectivity index (χ4v) is 5.77. The van der Waals surface area contributed by atoms with Gasteiger partial charge in [-0.25, -0.2) is 13.2 Å². The molecule has 5 nitrogen and oxygen atoms in total. The van der Waals surface area contributed by atoms with Crippen LogP contribution < -0.4 is 4.72 Å². The first-order valence-corrected chi connectivity index (χ1v) is 11.5. The molecular formula is C18H20BrNO4S2. The molecule has 1 aliphatic rings. The number of fused-ring (bicyclic) bond motifs is 1. The molecule has 0 bridgehead atoms. The van der Waals surface area contributed by atoms with Crippen molar-refractivity contribution in [3.05, 3.63) is 44.7 Å². The average molecular weight is 458 g/mol. The molecule has 1 aromatic carbocycles. The zero-order valence-corrected chi connectivity index (χ0v) is 17.8. The Morgan fingerprint density at radius 2 is 1.85 bits per heavy atom. The fraction of sp³-hybridized carbons (Fsp3) is 0.389. The summed E-state index contributed by atoms with van der Waals surface area (Å²) in [7, 11) is -3.78. The third-order valence-electron chi connectivity index (χ3n) is 4.07. The van der Waals surface area contributed by atoms with E-state index in [1.807, 2.05) is 0 Å². The number of aryl methyl sites for hydroxylation is 1. The first-order valence-electron chi connectivity index (χ1n) is 8.42. The second-order valence-corrected chi connectivity index (χ2v) is 10.1. The minimum Gasteiger partial charge on any atom is -0.459 e. The number of hydrogen-bond donors (Lipinski definition) is 1. The van der Waals surface area contributed by atoms with Crippen LogP contribution in [0.25, 0.3) is 0 Å². The SMILES string of the molecule is CC(C)OC(=O)c1c(NS(=O)(=O)c2ccc(Br)cc2)sc2c1CCCC2. The lowest BCUT2D eigenvalue weighted by Gasteiger charge is -2.14. The molecule has 1 aliphatic carbocycles. The third kappa shape index (κ3) is 4.13. The molecule has 0 fully saturated rings. The highest BCUT2D eigenvalue weighted by molar-refractivity contribution is 9.10. The lowest BCUT2D eigenvalue weighted by Crippen LogP contribution is -2.18. The normalized spacial score (nSPS) is 14.2. The van der Waals surface area contributed by atoms with E-state index >= 15 is 0 Å². The van der Waals surface area contributed by atoms with Gasteiger partial charge in [-0.05, 0) is 69.4 Å². The number of rotatable bonds is 5. The van der Waals surface area contributed by atoms with Gasteiger partial charge in [0, 0.05) is 9.35 Å². The van der Waals surface area contributed by atoms with Gasteiger partial charge in [-0.3, -0.25) is 4.72 Å². The van der Waals surface area contributed by atoms with Crippen LogP contribution in [0.2, 0.25) is 0 Å². The highest BCUT2D eigenvalue weighted by Crippen LogP contribution is 2.39. The number of esters is 1. The summed E-state index contributed by atoms with van der Waals surface area (Å²) in [5, 5.41) is 0.352. The molecule has 1 N–H and O–H groups in total. The fourth-order valence-electron chi connectivity index (χ4n) is 2.92. The van der Waals surface area contributed by atoms with E-state index in [1.54, 1.807) is 26.0 Å². The Balaban J connectivity index is 2.00. The van der Waals surface area contributed by atoms with Crippen molar-refractivity contribution in [1.29, 1.82) is 0 Å². The van der Waals surface area contributed by atoms with Crippen molar-refractivity contribution in [2.75, 3.05) is 4.72 Å². The van der Waals surface area contributed by atoms with E-state index in [0.717, 1.165) is 40.6 Å². The van der Waals surface area contributed by atoms with Crippen molar-refractivity contribution in [1.82, 2.24) is 0 Å². The molecule has 140 valence electrons. The third-order valence-corrected chi connectivity index (χ3v) is 7.30. The highest BCUT2D eigenvalue weighted by atomic mass is 79.9. The van der Waals surface area contributed by atoms with Gasteiger partial charge in [0.05, 0.1) is 16.6 Å². The number of thiophene rings is 1. The zero-order valence-electron chi connectivity index (χ0n) is 14.5. The molecular weight excluding hydrogens is 438 g/mol. The number of nitrogens with one attached hydrogen (secondary N) is 1. The van der Waals surface area contributed by atoms with E-state index in [-0.39, 0.29) is 11.0 Å². The predicted octanol–water partition coefficient (Wildman–Crippen LogP) is 4.76. The summed E-state index contributed by atoms with van der Waals surface area (Å²) < 4.78 is 34.3. The summed E-state index contributed by atoms with van der Waals surface area (Å²) in [6, 6.07) is 6.38. The summed E-state index contributed by atoms with van der Waals surface area (Å²) in [4.78, 5) is 13.8. The number of benzene rings is 1. The monoisotopic (exact) mass is 457 g/mol. The molecule has 0 spiro atoms. The van der Waals surface area contributed by atoms with Crippen LogP contribution in [0, 0.1) is 0 Å². The number of carbonyl (C=O) groups excluding carboxylic acids is 1. The maximum atomic E-state index is 12.8. The van der Waals surface area contributed by atoms with Gasteiger partial charge in [-0.2, -0.15) is 0 Å². The lowest BCUT2D eigenvalue weighted by molar-refractivity contribution is 0.0378. The number of anilines is 1. The van der Waals surface area contributed by atoms with E-state index in [0.29, 0.717) is 10.6 Å². The summed E-state index contributed by atoms with van der Waals surface area (Å²) in [5.41, 5.74) is 1.31. The van der Waals surface area contributed by atoms with Crippen LogP contribution in [0.1, 0.15) is 47.5 Å². The van der Waals surface area contributed by atoms with Gasteiger partial charge in [0.25, 0.3) is 10.0 Å². The number of hydrogen-bond acceptors (Lipinski definition) is 5. The lowest BCUT2D eigenvalue weighted by atomic mass is 9.95. The largest absolute Gasteiger partial charge is 0.459 e. The zero-order chi connectivity index (χ0) is 18.9. The second kappa shape index (κ2) is 7.70. The maximum Gasteiger partial charge on any atom is 0.341 e. The number of halogens is 1. The maximum absolute atomic E-state index is 12.8. The van der Waals surface area contributed by atoms with Gasteiger partial charge in [0.15, 0.2) is 0 Å². The Bertz CT molecular complexity index is 917. The molecule has 0 radical (unpaired) electrons. The van der Waals surface area contributed by atoms with Gasteiger partial charge in [-0.1, -0.05) is 15.9 Å². The molecule has 0 amide bonds. The highest BCUT2D eigenvalue weighted by Gasteiger charge is 2.29. The Morgan fingerprint density at radius 3 is 2.50 bits per heavy atom. The standard InChI is InChI=1S/C18H20BrNO4S2/c1-11(2)24-18(21)16-14-5-3-4-6-15(14)25-17(16)20-26(22,23)13-9-7-12(19)8-10-13/h7-11,20H,3-6H2,1-2H3. The molecule has 0 atom stereocenters. The first kappa shape index (κ1) is 19.4. The molecule has 1 aromatic heterocycles. The van der Waals surface area contributed by atoms with Crippen LogP contribution in [0.15, 0.2) is 33.6 Å². The molecule has 0 aliphatic heterocycles. The summed E-state index contributed by atoms with van der Waals surface area (Å²) >= 11 is 4.64. The average Bonchev–Trinajstić information content (AvgIpc) is 2.91. The molecule has 0 unspecified atom stereocenters. The Morgan fingerprint density at radius 1 is 1.19 bits per heavy atom. The number of carbonyl (C=O) groups is 1. The van der Waals surface area contributed by atoms with Gasteiger partial charge < -0.3 is 4.74 Å². The van der Waals surface area contributed by atoms with Crippen molar-refractivity contribution < 1.29 is 17.9 Å². The van der Waals surface area contributed by atoms with E-state index < -0.39 is 16.0 Å². The van der Waals surface area contributed by atoms with E-state index in [4.69, 9.17) is 4.74 Å². The van der Waals surface area contributed by atoms with Gasteiger partial charge >= 0.3 is 5.97 Å². The van der Waals surface area contributed by atoms with Crippen molar-refractivity contribution in [2.45, 2.75) is 50.5 Å². The smallest absolute Gasteiger partial charge is 0.341 e. The van der Waals surface area contributed by atoms with Crippen molar-refractivity contribution in [3.8, 4) is 0 Å². The molecule has 8 heteroatoms. The Hall–Kier alpha value is -1.38. The van der Waals surface area contributed by atoms with Crippen LogP contribution in [-0.2, 0) is 27.6 Å². The molecule has 3 rings (SSSR count). The molecule has 0 saturated carbocycles. The number of ether oxygens (including phenoxy) is 1. The van der Waals surface area contributed by atoms with Crippen LogP contribution in [0.3, 0.4) is 0 Å². The number of sulfonamides is 1. The molecule has 26 heavy (non-hydrogen) atoms. The van der Waals surface area contributed by atoms with E-state index in [2.05, 4.69) is 20.7 Å². The van der Waals surface area contributed by atoms with Crippen molar-refractivity contribution >= 4 is 48.3 Å². The Labute approximate surface area is 165 Å². The minimum atomic E-state index is -3.78. The summed E-state index contributed by atoms with van der Waals surface area (Å²) in [6.07, 6.45) is 3.41. The summed E-state index contributed by atoms with van der Waals surface area (Å²) in [6.45, 7) is 3.56. The quantitative estimate of drug-likeness (QED) is 0.656. The Kier molecular flexibility index (Phi) is 5.74. The molecule has 1 heterocycles. The van der Waals surface area contributed by atoms with Gasteiger partial charge in [0.1, 0.15) is 5.00 Å². The first-order chi connectivity index (χ1) is 12.3. The van der Waals surface area contributed by atoms with Crippen LogP contribution in [-0.4, -0.2) is 20.5 Å². The van der Waals surface area contributed by atoms with E-state index in [1.165, 1.54) is 23.5 Å². The van der Waals surface area contributed by atoms with Gasteiger partial charge in [-0.15, -0.1) is 11.3 Å². The minimum absolute atomic E-state index is 0.148. The summed E-state index contributed by atoms with van der Waals surface area (Å²) in [5.74, 6) is -0.465. The topological polar surface area (TPSA) is 72.5 Å². The van der Waals surface area contributed by atoms with Crippen molar-refractivity contribution in [3.63, 3.8) is 0 Å². The van der Waals surface area contributed by atoms with Crippen LogP contribution in [0.4, 0.5) is 5.00 Å². The molecule has 0 saturated heterocycles. The molecule has 2 aromatic rings. The van der Waals surface area contributed by atoms with E-state index in [9.17, 15) is 13.2 Å². The van der Waals surface area contributed by atoms with Gasteiger partial charge in [0.2, 0.25) is 0 Å². The van der Waals surface area contributed by atoms with Crippen LogP contribution >= 0.6 is 27.3 Å². The predicted molar refractivity (Wildman–Crippen MR) is 106 cm³/mol.